The van der Waals surface area contributed by atoms with Crippen LogP contribution in [-0.4, -0.2) is 11.8 Å². The minimum absolute atomic E-state index is 0.253. The molecule has 0 amide bonds. The Labute approximate surface area is 84.6 Å². The van der Waals surface area contributed by atoms with Gasteiger partial charge in [-0.1, -0.05) is 24.3 Å². The number of unbranched alkanes of at least 4 members (excludes halogenated alkanes) is 1. The molecule has 1 unspecified atom stereocenters. The number of rotatable bonds is 5. The Morgan fingerprint density at radius 2 is 2.00 bits per heavy atom. The van der Waals surface area contributed by atoms with Crippen molar-refractivity contribution in [3.8, 4) is 0 Å². The predicted molar refractivity (Wildman–Crippen MR) is 56.0 cm³/mol. The van der Waals surface area contributed by atoms with E-state index in [0.29, 0.717) is 6.42 Å². The predicted octanol–water partition coefficient (Wildman–Crippen LogP) is 3.03. The van der Waals surface area contributed by atoms with E-state index in [2.05, 4.69) is 0 Å². The molecule has 14 heavy (non-hydrogen) atoms. The van der Waals surface area contributed by atoms with Crippen LogP contribution in [0.3, 0.4) is 0 Å². The molecule has 0 saturated carbocycles. The molecular weight excluding hydrogens is 179 g/mol. The second-order valence-electron chi connectivity index (χ2n) is 3.52. The van der Waals surface area contributed by atoms with Gasteiger partial charge in [-0.05, 0) is 37.3 Å². The van der Waals surface area contributed by atoms with Crippen LogP contribution in [0.2, 0.25) is 0 Å². The van der Waals surface area contributed by atoms with Crippen LogP contribution in [0.1, 0.15) is 37.0 Å². The van der Waals surface area contributed by atoms with E-state index in [4.69, 9.17) is 0 Å². The topological polar surface area (TPSA) is 20.2 Å². The Bertz CT molecular complexity index is 271. The number of alkyl halides is 1. The molecule has 0 saturated heterocycles. The minimum atomic E-state index is -0.434. The number of benzene rings is 1. The van der Waals surface area contributed by atoms with Crippen LogP contribution in [0.15, 0.2) is 24.3 Å². The van der Waals surface area contributed by atoms with Crippen LogP contribution >= 0.6 is 0 Å². The van der Waals surface area contributed by atoms with E-state index in [1.807, 2.05) is 24.3 Å². The van der Waals surface area contributed by atoms with Gasteiger partial charge in [-0.25, -0.2) is 0 Å². The van der Waals surface area contributed by atoms with Crippen molar-refractivity contribution in [2.24, 2.45) is 0 Å². The third-order valence-corrected chi connectivity index (χ3v) is 2.33. The maximum absolute atomic E-state index is 11.9. The van der Waals surface area contributed by atoms with Crippen LogP contribution in [0.4, 0.5) is 4.39 Å². The fourth-order valence-electron chi connectivity index (χ4n) is 1.58. The van der Waals surface area contributed by atoms with Crippen LogP contribution in [0.5, 0.6) is 0 Å². The second kappa shape index (κ2) is 5.76. The first kappa shape index (κ1) is 11.2. The van der Waals surface area contributed by atoms with E-state index in [1.165, 1.54) is 0 Å². The molecule has 0 bridgehead atoms. The van der Waals surface area contributed by atoms with Gasteiger partial charge in [0.05, 0.1) is 12.8 Å². The molecule has 2 heteroatoms. The summed E-state index contributed by atoms with van der Waals surface area (Å²) in [6, 6.07) is 7.80. The summed E-state index contributed by atoms with van der Waals surface area (Å²) in [4.78, 5) is 0. The number of aliphatic hydroxyl groups excluding tert-OH is 1. The zero-order valence-electron chi connectivity index (χ0n) is 8.54. The molecule has 0 aliphatic carbocycles. The van der Waals surface area contributed by atoms with Crippen LogP contribution in [0, 0.1) is 0 Å². The molecule has 0 aliphatic heterocycles. The Morgan fingerprint density at radius 3 is 2.64 bits per heavy atom. The van der Waals surface area contributed by atoms with Gasteiger partial charge in [-0.15, -0.1) is 0 Å². The molecule has 1 rings (SSSR count). The molecule has 1 nitrogen and oxygen atoms in total. The fourth-order valence-corrected chi connectivity index (χ4v) is 1.58. The Morgan fingerprint density at radius 1 is 1.29 bits per heavy atom. The van der Waals surface area contributed by atoms with E-state index in [9.17, 15) is 9.50 Å². The monoisotopic (exact) mass is 196 g/mol. The summed E-state index contributed by atoms with van der Waals surface area (Å²) in [6.07, 6.45) is 1.87. The maximum atomic E-state index is 11.9. The number of hydrogen-bond donors (Lipinski definition) is 1. The summed E-state index contributed by atoms with van der Waals surface area (Å²) in [5, 5.41) is 9.49. The molecule has 0 radical (unpaired) electrons. The third kappa shape index (κ3) is 3.11. The SMILES string of the molecule is CC(O)c1ccccc1CCCCF. The largest absolute Gasteiger partial charge is 0.389 e. The van der Waals surface area contributed by atoms with E-state index in [-0.39, 0.29) is 6.67 Å². The molecule has 1 aromatic rings. The van der Waals surface area contributed by atoms with Gasteiger partial charge in [-0.3, -0.25) is 4.39 Å². The molecule has 0 spiro atoms. The summed E-state index contributed by atoms with van der Waals surface area (Å²) in [5.74, 6) is 0. The minimum Gasteiger partial charge on any atom is -0.389 e. The van der Waals surface area contributed by atoms with Gasteiger partial charge < -0.3 is 5.11 Å². The average Bonchev–Trinajstić information content (AvgIpc) is 2.19. The highest BCUT2D eigenvalue weighted by atomic mass is 19.1. The number of halogens is 1. The lowest BCUT2D eigenvalue weighted by atomic mass is 9.99. The van der Waals surface area contributed by atoms with Gasteiger partial charge >= 0.3 is 0 Å². The van der Waals surface area contributed by atoms with Crippen LogP contribution in [-0.2, 0) is 6.42 Å². The quantitative estimate of drug-likeness (QED) is 0.718. The van der Waals surface area contributed by atoms with Crippen molar-refractivity contribution < 1.29 is 9.50 Å². The molecule has 78 valence electrons. The lowest BCUT2D eigenvalue weighted by molar-refractivity contribution is 0.198. The highest BCUT2D eigenvalue weighted by Crippen LogP contribution is 2.19. The van der Waals surface area contributed by atoms with Crippen molar-refractivity contribution in [2.45, 2.75) is 32.3 Å². The average molecular weight is 196 g/mol. The van der Waals surface area contributed by atoms with E-state index < -0.39 is 6.10 Å². The summed E-state index contributed by atoms with van der Waals surface area (Å²) in [5.41, 5.74) is 2.10. The van der Waals surface area contributed by atoms with Crippen molar-refractivity contribution in [3.05, 3.63) is 35.4 Å². The number of hydrogen-bond acceptors (Lipinski definition) is 1. The molecule has 1 N–H and O–H groups in total. The van der Waals surface area contributed by atoms with Crippen molar-refractivity contribution in [3.63, 3.8) is 0 Å². The Hall–Kier alpha value is -0.890. The Balaban J connectivity index is 2.64. The summed E-state index contributed by atoms with van der Waals surface area (Å²) >= 11 is 0. The first-order valence-corrected chi connectivity index (χ1v) is 5.07. The van der Waals surface area contributed by atoms with Crippen molar-refractivity contribution >= 4 is 0 Å². The van der Waals surface area contributed by atoms with Crippen molar-refractivity contribution in [1.82, 2.24) is 0 Å². The zero-order chi connectivity index (χ0) is 10.4. The van der Waals surface area contributed by atoms with Gasteiger partial charge in [0, 0.05) is 0 Å². The van der Waals surface area contributed by atoms with Crippen molar-refractivity contribution in [2.75, 3.05) is 6.67 Å². The molecular formula is C12H17FO. The summed E-state index contributed by atoms with van der Waals surface area (Å²) in [6.45, 7) is 1.50. The van der Waals surface area contributed by atoms with Crippen LogP contribution in [0.25, 0.3) is 0 Å². The van der Waals surface area contributed by atoms with Crippen molar-refractivity contribution in [1.29, 1.82) is 0 Å². The lowest BCUT2D eigenvalue weighted by Crippen LogP contribution is -1.98. The first-order valence-electron chi connectivity index (χ1n) is 5.07. The second-order valence-corrected chi connectivity index (χ2v) is 3.52. The fraction of sp³-hybridized carbons (Fsp3) is 0.500. The van der Waals surface area contributed by atoms with Crippen LogP contribution < -0.4 is 0 Å². The molecule has 0 fully saturated rings. The molecule has 1 aromatic carbocycles. The molecule has 0 heterocycles. The first-order chi connectivity index (χ1) is 6.75. The Kier molecular flexibility index (Phi) is 4.60. The van der Waals surface area contributed by atoms with Gasteiger partial charge in [-0.2, -0.15) is 0 Å². The highest BCUT2D eigenvalue weighted by molar-refractivity contribution is 5.28. The van der Waals surface area contributed by atoms with Gasteiger partial charge in [0.1, 0.15) is 0 Å². The van der Waals surface area contributed by atoms with E-state index in [0.717, 1.165) is 24.0 Å². The smallest absolute Gasteiger partial charge is 0.0894 e. The molecule has 0 aromatic heterocycles. The standard InChI is InChI=1S/C12H17FO/c1-10(14)12-8-3-2-6-11(12)7-4-5-9-13/h2-3,6,8,10,14H,4-5,7,9H2,1H3. The normalized spacial score (nSPS) is 12.8. The number of aryl methyl sites for hydroxylation is 1. The zero-order valence-corrected chi connectivity index (χ0v) is 8.54. The van der Waals surface area contributed by atoms with Gasteiger partial charge in [0.2, 0.25) is 0 Å². The lowest BCUT2D eigenvalue weighted by Gasteiger charge is -2.11. The molecule has 0 aliphatic rings. The van der Waals surface area contributed by atoms with E-state index >= 15 is 0 Å². The number of aliphatic hydroxyl groups is 1. The van der Waals surface area contributed by atoms with E-state index in [1.54, 1.807) is 6.92 Å². The van der Waals surface area contributed by atoms with Gasteiger partial charge in [0.15, 0.2) is 0 Å². The maximum Gasteiger partial charge on any atom is 0.0894 e. The van der Waals surface area contributed by atoms with Gasteiger partial charge in [0.25, 0.3) is 0 Å². The summed E-state index contributed by atoms with van der Waals surface area (Å²) < 4.78 is 11.9. The highest BCUT2D eigenvalue weighted by Gasteiger charge is 2.05. The third-order valence-electron chi connectivity index (χ3n) is 2.33. The summed E-state index contributed by atoms with van der Waals surface area (Å²) in [7, 11) is 0. The molecule has 1 atom stereocenters.